The number of carbonyl (C=O) groups excluding carboxylic acids is 1. The van der Waals surface area contributed by atoms with Gasteiger partial charge in [-0.25, -0.2) is 26.6 Å². The highest BCUT2D eigenvalue weighted by atomic mass is 32.2. The number of sulfone groups is 1. The first-order chi connectivity index (χ1) is 20.8. The number of phenols is 1. The third-order valence-electron chi connectivity index (χ3n) is 7.79. The maximum Gasteiger partial charge on any atom is 0.281 e. The predicted octanol–water partition coefficient (Wildman–Crippen LogP) is 6.72. The lowest BCUT2D eigenvalue weighted by Crippen LogP contribution is -2.41. The Balaban J connectivity index is 1.58. The molecule has 1 amide bonds. The van der Waals surface area contributed by atoms with Crippen LogP contribution in [0.3, 0.4) is 0 Å². The van der Waals surface area contributed by atoms with Gasteiger partial charge < -0.3 is 14.8 Å². The van der Waals surface area contributed by atoms with E-state index in [1.54, 1.807) is 44.2 Å². The van der Waals surface area contributed by atoms with Crippen LogP contribution in [-0.4, -0.2) is 30.2 Å². The Hall–Kier alpha value is -4.58. The summed E-state index contributed by atoms with van der Waals surface area (Å²) in [6.07, 6.45) is 1.56. The molecule has 8 nitrogen and oxygen atoms in total. The van der Waals surface area contributed by atoms with Gasteiger partial charge in [-0.2, -0.15) is 0 Å². The van der Waals surface area contributed by atoms with Crippen LogP contribution >= 0.6 is 0 Å². The summed E-state index contributed by atoms with van der Waals surface area (Å²) in [6, 6.07) is 13.5. The summed E-state index contributed by atoms with van der Waals surface area (Å²) in [7, 11) is -4.19. The second kappa shape index (κ2) is 10.5. The molecule has 4 aromatic rings. The molecule has 44 heavy (non-hydrogen) atoms. The Labute approximate surface area is 251 Å². The molecule has 1 aromatic heterocycles. The lowest BCUT2D eigenvalue weighted by molar-refractivity contribution is -0.00416. The summed E-state index contributed by atoms with van der Waals surface area (Å²) < 4.78 is 80.0. The maximum absolute atomic E-state index is 16.2. The number of halogens is 3. The highest BCUT2D eigenvalue weighted by Crippen LogP contribution is 2.52. The zero-order chi connectivity index (χ0) is 31.4. The van der Waals surface area contributed by atoms with Crippen molar-refractivity contribution in [3.05, 3.63) is 118 Å². The van der Waals surface area contributed by atoms with E-state index in [1.165, 1.54) is 18.2 Å². The van der Waals surface area contributed by atoms with E-state index in [2.05, 4.69) is 10.3 Å². The van der Waals surface area contributed by atoms with Crippen LogP contribution in [-0.2, 0) is 22.2 Å². The molecule has 3 heterocycles. The molecule has 1 unspecified atom stereocenters. The van der Waals surface area contributed by atoms with Crippen molar-refractivity contribution in [2.45, 2.75) is 38.7 Å². The number of fused-ring (bicyclic) bond motifs is 1. The van der Waals surface area contributed by atoms with Crippen molar-refractivity contribution < 1.29 is 35.9 Å². The molecule has 228 valence electrons. The molecule has 1 atom stereocenters. The van der Waals surface area contributed by atoms with E-state index in [-0.39, 0.29) is 51.2 Å². The standard InChI is InChI=1S/C32H28F3N3O5S/c1-31(2)15-23-29(44(41,42)17-31)28(21-12-11-20(13-22(21)33)32(34,35)14-19-7-4-3-5-8-19)38(30(40)24-16-43-18-36-24)25-9-6-10-26(39)27(25)37-23/h3-13,16,18,28,37,39H,14-15,17H2,1-2H3. The lowest BCUT2D eigenvalue weighted by Gasteiger charge is -2.37. The van der Waals surface area contributed by atoms with Crippen LogP contribution < -0.4 is 10.2 Å². The third-order valence-corrected chi connectivity index (χ3v) is 10.1. The van der Waals surface area contributed by atoms with Crippen LogP contribution in [0.15, 0.2) is 94.4 Å². The Kier molecular flexibility index (Phi) is 7.07. The van der Waals surface area contributed by atoms with E-state index in [0.29, 0.717) is 11.6 Å². The van der Waals surface area contributed by atoms with Gasteiger partial charge in [0.15, 0.2) is 21.9 Å². The fourth-order valence-electron chi connectivity index (χ4n) is 5.98. The van der Waals surface area contributed by atoms with E-state index in [4.69, 9.17) is 4.42 Å². The number of phenolic OH excluding ortho intramolecular Hbond substituents is 1. The van der Waals surface area contributed by atoms with Crippen LogP contribution in [0.5, 0.6) is 5.75 Å². The predicted molar refractivity (Wildman–Crippen MR) is 157 cm³/mol. The molecule has 3 aromatic carbocycles. The van der Waals surface area contributed by atoms with E-state index < -0.39 is 50.9 Å². The highest BCUT2D eigenvalue weighted by Gasteiger charge is 2.48. The van der Waals surface area contributed by atoms with Crippen LogP contribution in [0.2, 0.25) is 0 Å². The number of aromatic nitrogens is 1. The van der Waals surface area contributed by atoms with Crippen LogP contribution in [0.25, 0.3) is 0 Å². The van der Waals surface area contributed by atoms with Crippen LogP contribution in [0.1, 0.15) is 53.5 Å². The first-order valence-electron chi connectivity index (χ1n) is 13.8. The molecule has 0 saturated heterocycles. The summed E-state index contributed by atoms with van der Waals surface area (Å²) in [4.78, 5) is 18.7. The van der Waals surface area contributed by atoms with E-state index in [0.717, 1.165) is 29.7 Å². The van der Waals surface area contributed by atoms with Crippen molar-refractivity contribution in [3.63, 3.8) is 0 Å². The first kappa shape index (κ1) is 29.5. The van der Waals surface area contributed by atoms with Crippen molar-refractivity contribution in [1.82, 2.24) is 4.98 Å². The van der Waals surface area contributed by atoms with Gasteiger partial charge in [-0.05, 0) is 35.6 Å². The van der Waals surface area contributed by atoms with Gasteiger partial charge >= 0.3 is 0 Å². The second-order valence-electron chi connectivity index (χ2n) is 11.8. The minimum absolute atomic E-state index is 0.0265. The number of anilines is 2. The minimum Gasteiger partial charge on any atom is -0.506 e. The number of carbonyl (C=O) groups is 1. The Morgan fingerprint density at radius 1 is 1.14 bits per heavy atom. The summed E-state index contributed by atoms with van der Waals surface area (Å²) in [5.74, 6) is -6.05. The van der Waals surface area contributed by atoms with Gasteiger partial charge in [-0.15, -0.1) is 0 Å². The van der Waals surface area contributed by atoms with Crippen LogP contribution in [0.4, 0.5) is 24.5 Å². The molecule has 12 heteroatoms. The minimum atomic E-state index is -4.19. The van der Waals surface area contributed by atoms with Gasteiger partial charge in [-0.1, -0.05) is 62.4 Å². The number of allylic oxidation sites excluding steroid dienone is 1. The van der Waals surface area contributed by atoms with E-state index >= 15 is 13.2 Å². The Morgan fingerprint density at radius 3 is 2.57 bits per heavy atom. The smallest absolute Gasteiger partial charge is 0.281 e. The number of benzene rings is 3. The van der Waals surface area contributed by atoms with Crippen molar-refractivity contribution in [1.29, 1.82) is 0 Å². The van der Waals surface area contributed by atoms with Crippen molar-refractivity contribution in [2.24, 2.45) is 5.41 Å². The number of para-hydroxylation sites is 1. The van der Waals surface area contributed by atoms with E-state index in [9.17, 15) is 18.3 Å². The zero-order valence-electron chi connectivity index (χ0n) is 23.7. The SMILES string of the molecule is CC1(C)CC2=C(C(c3ccc(C(F)(F)Cc4ccccc4)cc3F)N(C(=O)c3cocn3)c3cccc(O)c3N2)S(=O)(=O)C1. The number of nitrogens with zero attached hydrogens (tertiary/aromatic N) is 2. The van der Waals surface area contributed by atoms with Gasteiger partial charge in [0.05, 0.1) is 16.3 Å². The van der Waals surface area contributed by atoms with Gasteiger partial charge in [0.1, 0.15) is 29.6 Å². The normalized spacial score (nSPS) is 19.0. The van der Waals surface area contributed by atoms with Crippen LogP contribution in [0, 0.1) is 11.2 Å². The Bertz CT molecular complexity index is 1890. The van der Waals surface area contributed by atoms with E-state index in [1.807, 2.05) is 0 Å². The molecule has 0 radical (unpaired) electrons. The van der Waals surface area contributed by atoms with Gasteiger partial charge in [0, 0.05) is 23.2 Å². The lowest BCUT2D eigenvalue weighted by atomic mass is 9.88. The first-order valence-corrected chi connectivity index (χ1v) is 15.4. The maximum atomic E-state index is 16.2. The fraction of sp³-hybridized carbons (Fsp3) is 0.250. The van der Waals surface area contributed by atoms with Gasteiger partial charge in [0.2, 0.25) is 0 Å². The molecule has 2 aliphatic rings. The molecule has 6 rings (SSSR count). The highest BCUT2D eigenvalue weighted by molar-refractivity contribution is 7.95. The van der Waals surface area contributed by atoms with Gasteiger partial charge in [0.25, 0.3) is 11.8 Å². The number of nitrogens with one attached hydrogen (secondary N) is 1. The Morgan fingerprint density at radius 2 is 1.89 bits per heavy atom. The number of alkyl halides is 2. The number of oxazole rings is 1. The monoisotopic (exact) mass is 623 g/mol. The summed E-state index contributed by atoms with van der Waals surface area (Å²) in [5.41, 5.74) is -1.34. The number of aromatic hydroxyl groups is 1. The number of rotatable bonds is 5. The van der Waals surface area contributed by atoms with Gasteiger partial charge in [-0.3, -0.25) is 9.69 Å². The molecule has 0 saturated carbocycles. The molecule has 0 bridgehead atoms. The molecule has 2 N–H and O–H groups in total. The van der Waals surface area contributed by atoms with Crippen molar-refractivity contribution in [2.75, 3.05) is 16.0 Å². The average Bonchev–Trinajstić information content (AvgIpc) is 3.43. The molecular formula is C32H28F3N3O5S. The third kappa shape index (κ3) is 5.23. The van der Waals surface area contributed by atoms with Crippen molar-refractivity contribution in [3.8, 4) is 5.75 Å². The van der Waals surface area contributed by atoms with Crippen molar-refractivity contribution >= 4 is 27.1 Å². The number of amides is 1. The fourth-order valence-corrected chi connectivity index (χ4v) is 8.34. The summed E-state index contributed by atoms with van der Waals surface area (Å²) in [5, 5.41) is 13.9. The quantitative estimate of drug-likeness (QED) is 0.237. The number of hydrogen-bond acceptors (Lipinski definition) is 7. The molecule has 0 spiro atoms. The average molecular weight is 624 g/mol. The molecular weight excluding hydrogens is 595 g/mol. The molecule has 2 aliphatic heterocycles. The molecule has 0 fully saturated rings. The zero-order valence-corrected chi connectivity index (χ0v) is 24.5. The second-order valence-corrected chi connectivity index (χ2v) is 13.8. The number of hydrogen-bond donors (Lipinski definition) is 2. The summed E-state index contributed by atoms with van der Waals surface area (Å²) in [6.45, 7) is 3.51. The summed E-state index contributed by atoms with van der Waals surface area (Å²) >= 11 is 0. The topological polar surface area (TPSA) is 113 Å². The largest absolute Gasteiger partial charge is 0.506 e. The molecule has 0 aliphatic carbocycles.